The number of pyridine rings is 1. The molecule has 0 saturated heterocycles. The third kappa shape index (κ3) is 2.54. The van der Waals surface area contributed by atoms with Gasteiger partial charge in [-0.15, -0.1) is 11.3 Å². The Balaban J connectivity index is 2.40. The monoisotopic (exact) mass is 351 g/mol. The molecule has 0 unspecified atom stereocenters. The van der Waals surface area contributed by atoms with E-state index in [0.29, 0.717) is 21.8 Å². The number of carboxylic acids is 1. The lowest BCUT2D eigenvalue weighted by Gasteiger charge is -2.07. The number of benzene rings is 1. The number of hydrogen-bond donors (Lipinski definition) is 1. The van der Waals surface area contributed by atoms with E-state index >= 15 is 0 Å². The van der Waals surface area contributed by atoms with Gasteiger partial charge in [-0.1, -0.05) is 13.8 Å². The molecule has 0 fully saturated rings. The minimum atomic E-state index is -1.30. The molecule has 0 aliphatic carbocycles. The van der Waals surface area contributed by atoms with E-state index < -0.39 is 23.4 Å². The first-order valence-electron chi connectivity index (χ1n) is 7.10. The molecule has 2 heterocycles. The van der Waals surface area contributed by atoms with Crippen LogP contribution in [0.5, 0.6) is 0 Å². The standard InChI is InChI=1S/C17H12F3NO2S/c1-7(2)12-14-15(24-16(12)17(22)23)9(3-4-21-14)10-5-8(18)6-11(19)13(10)20/h3-7H,1-2H3,(H,22,23). The van der Waals surface area contributed by atoms with Crippen LogP contribution < -0.4 is 0 Å². The molecule has 0 radical (unpaired) electrons. The summed E-state index contributed by atoms with van der Waals surface area (Å²) in [5, 5.41) is 9.41. The summed E-state index contributed by atoms with van der Waals surface area (Å²) < 4.78 is 41.6. The Morgan fingerprint density at radius 1 is 1.21 bits per heavy atom. The number of hydrogen-bond acceptors (Lipinski definition) is 3. The number of nitrogens with zero attached hydrogens (tertiary/aromatic N) is 1. The van der Waals surface area contributed by atoms with E-state index in [-0.39, 0.29) is 21.9 Å². The SMILES string of the molecule is CC(C)c1c(C(=O)O)sc2c(-c3cc(F)cc(F)c3F)ccnc12. The fourth-order valence-electron chi connectivity index (χ4n) is 2.67. The quantitative estimate of drug-likeness (QED) is 0.660. The molecule has 24 heavy (non-hydrogen) atoms. The van der Waals surface area contributed by atoms with Crippen LogP contribution >= 0.6 is 11.3 Å². The van der Waals surface area contributed by atoms with Crippen molar-refractivity contribution in [1.29, 1.82) is 0 Å². The number of carboxylic acid groups (broad SMARTS) is 1. The number of aromatic carboxylic acids is 1. The molecular weight excluding hydrogens is 339 g/mol. The van der Waals surface area contributed by atoms with Gasteiger partial charge in [0.05, 0.1) is 10.2 Å². The zero-order valence-electron chi connectivity index (χ0n) is 12.7. The molecule has 1 N–H and O–H groups in total. The minimum absolute atomic E-state index is 0.0947. The van der Waals surface area contributed by atoms with Gasteiger partial charge in [0.25, 0.3) is 0 Å². The maximum absolute atomic E-state index is 14.1. The number of rotatable bonds is 3. The van der Waals surface area contributed by atoms with Crippen molar-refractivity contribution in [2.75, 3.05) is 0 Å². The van der Waals surface area contributed by atoms with Crippen molar-refractivity contribution in [3.8, 4) is 11.1 Å². The fourth-order valence-corrected chi connectivity index (χ4v) is 3.95. The van der Waals surface area contributed by atoms with E-state index in [1.54, 1.807) is 0 Å². The smallest absolute Gasteiger partial charge is 0.346 e. The Hall–Kier alpha value is -2.41. The molecular formula is C17H12F3NO2S. The van der Waals surface area contributed by atoms with Gasteiger partial charge >= 0.3 is 5.97 Å². The predicted octanol–water partition coefficient (Wildman–Crippen LogP) is 5.20. The molecule has 0 amide bonds. The van der Waals surface area contributed by atoms with Crippen LogP contribution in [0.4, 0.5) is 13.2 Å². The maximum atomic E-state index is 14.1. The van der Waals surface area contributed by atoms with Gasteiger partial charge in [0, 0.05) is 29.0 Å². The highest BCUT2D eigenvalue weighted by atomic mass is 32.1. The van der Waals surface area contributed by atoms with Crippen LogP contribution in [0.15, 0.2) is 24.4 Å². The predicted molar refractivity (Wildman–Crippen MR) is 86.0 cm³/mol. The molecule has 0 atom stereocenters. The molecule has 124 valence electrons. The molecule has 0 bridgehead atoms. The summed E-state index contributed by atoms with van der Waals surface area (Å²) >= 11 is 0.929. The Labute approximate surface area is 139 Å². The van der Waals surface area contributed by atoms with E-state index in [0.717, 1.165) is 17.4 Å². The van der Waals surface area contributed by atoms with E-state index in [4.69, 9.17) is 0 Å². The highest BCUT2D eigenvalue weighted by Gasteiger charge is 2.24. The van der Waals surface area contributed by atoms with Crippen LogP contribution in [0, 0.1) is 17.5 Å². The maximum Gasteiger partial charge on any atom is 0.346 e. The summed E-state index contributed by atoms with van der Waals surface area (Å²) in [6.07, 6.45) is 1.38. The van der Waals surface area contributed by atoms with E-state index in [9.17, 15) is 23.1 Å². The lowest BCUT2D eigenvalue weighted by Crippen LogP contribution is -1.99. The molecule has 0 aliphatic rings. The van der Waals surface area contributed by atoms with Gasteiger partial charge in [0.2, 0.25) is 0 Å². The van der Waals surface area contributed by atoms with Crippen molar-refractivity contribution < 1.29 is 23.1 Å². The fraction of sp³-hybridized carbons (Fsp3) is 0.176. The lowest BCUT2D eigenvalue weighted by atomic mass is 9.99. The highest BCUT2D eigenvalue weighted by molar-refractivity contribution is 7.21. The Bertz CT molecular complexity index is 966. The van der Waals surface area contributed by atoms with Gasteiger partial charge < -0.3 is 5.11 Å². The van der Waals surface area contributed by atoms with Crippen LogP contribution in [0.1, 0.15) is 35.0 Å². The van der Waals surface area contributed by atoms with Crippen molar-refractivity contribution in [3.63, 3.8) is 0 Å². The Morgan fingerprint density at radius 2 is 1.92 bits per heavy atom. The van der Waals surface area contributed by atoms with Crippen molar-refractivity contribution in [2.45, 2.75) is 19.8 Å². The average molecular weight is 351 g/mol. The van der Waals surface area contributed by atoms with Crippen LogP contribution in [0.2, 0.25) is 0 Å². The van der Waals surface area contributed by atoms with Gasteiger partial charge in [0.15, 0.2) is 11.6 Å². The van der Waals surface area contributed by atoms with Crippen molar-refractivity contribution in [3.05, 3.63) is 52.3 Å². The molecule has 7 heteroatoms. The van der Waals surface area contributed by atoms with Gasteiger partial charge in [-0.3, -0.25) is 4.98 Å². The van der Waals surface area contributed by atoms with Crippen LogP contribution in [0.25, 0.3) is 21.3 Å². The number of thiophene rings is 1. The molecule has 2 aromatic heterocycles. The zero-order chi connectivity index (χ0) is 17.6. The molecule has 0 saturated carbocycles. The highest BCUT2D eigenvalue weighted by Crippen LogP contribution is 2.41. The first-order chi connectivity index (χ1) is 11.3. The normalized spacial score (nSPS) is 11.4. The summed E-state index contributed by atoms with van der Waals surface area (Å²) in [5.74, 6) is -4.62. The van der Waals surface area contributed by atoms with Crippen molar-refractivity contribution in [1.82, 2.24) is 4.98 Å². The molecule has 0 spiro atoms. The third-order valence-electron chi connectivity index (χ3n) is 3.66. The second-order valence-electron chi connectivity index (χ2n) is 5.59. The molecule has 1 aromatic carbocycles. The van der Waals surface area contributed by atoms with E-state index in [1.165, 1.54) is 12.3 Å². The number of carbonyl (C=O) groups is 1. The van der Waals surface area contributed by atoms with Gasteiger partial charge in [-0.05, 0) is 18.1 Å². The first-order valence-corrected chi connectivity index (χ1v) is 7.92. The van der Waals surface area contributed by atoms with E-state index in [2.05, 4.69) is 4.98 Å². The Morgan fingerprint density at radius 3 is 2.54 bits per heavy atom. The molecule has 0 aliphatic heterocycles. The number of fused-ring (bicyclic) bond motifs is 1. The second kappa shape index (κ2) is 5.90. The molecule has 3 nitrogen and oxygen atoms in total. The average Bonchev–Trinajstić information content (AvgIpc) is 2.90. The summed E-state index contributed by atoms with van der Waals surface area (Å²) in [5.41, 5.74) is 0.902. The zero-order valence-corrected chi connectivity index (χ0v) is 13.5. The third-order valence-corrected chi connectivity index (χ3v) is 4.88. The van der Waals surface area contributed by atoms with Crippen molar-refractivity contribution >= 4 is 27.5 Å². The number of halogens is 3. The molecule has 3 aromatic rings. The van der Waals surface area contributed by atoms with Crippen LogP contribution in [-0.4, -0.2) is 16.1 Å². The molecule has 3 rings (SSSR count). The van der Waals surface area contributed by atoms with Gasteiger partial charge in [-0.25, -0.2) is 18.0 Å². The van der Waals surface area contributed by atoms with Crippen LogP contribution in [-0.2, 0) is 0 Å². The summed E-state index contributed by atoms with van der Waals surface area (Å²) in [6, 6.07) is 2.78. The summed E-state index contributed by atoms with van der Waals surface area (Å²) in [4.78, 5) is 15.8. The minimum Gasteiger partial charge on any atom is -0.477 e. The summed E-state index contributed by atoms with van der Waals surface area (Å²) in [7, 11) is 0. The second-order valence-corrected chi connectivity index (χ2v) is 6.61. The largest absolute Gasteiger partial charge is 0.477 e. The van der Waals surface area contributed by atoms with E-state index in [1.807, 2.05) is 13.8 Å². The number of aromatic nitrogens is 1. The lowest BCUT2D eigenvalue weighted by molar-refractivity contribution is 0.0701. The summed E-state index contributed by atoms with van der Waals surface area (Å²) in [6.45, 7) is 3.65. The topological polar surface area (TPSA) is 50.2 Å². The van der Waals surface area contributed by atoms with Crippen molar-refractivity contribution in [2.24, 2.45) is 0 Å². The Kier molecular flexibility index (Phi) is 4.04. The first kappa shape index (κ1) is 16.4. The van der Waals surface area contributed by atoms with Gasteiger partial charge in [0.1, 0.15) is 10.7 Å². The van der Waals surface area contributed by atoms with Gasteiger partial charge in [-0.2, -0.15) is 0 Å². The van der Waals surface area contributed by atoms with Crippen LogP contribution in [0.3, 0.4) is 0 Å².